The number of alkyl halides is 1. The van der Waals surface area contributed by atoms with Crippen LogP contribution in [0, 0.1) is 0 Å². The van der Waals surface area contributed by atoms with Gasteiger partial charge < -0.3 is 9.73 Å². The average molecular weight is 267 g/mol. The van der Waals surface area contributed by atoms with Gasteiger partial charge in [-0.15, -0.1) is 11.6 Å². The summed E-state index contributed by atoms with van der Waals surface area (Å²) in [5.74, 6) is 0.706. The molecule has 1 N–H and O–H groups in total. The van der Waals surface area contributed by atoms with Crippen LogP contribution in [0.3, 0.4) is 0 Å². The minimum absolute atomic E-state index is 0.0628. The zero-order valence-corrected chi connectivity index (χ0v) is 11.6. The van der Waals surface area contributed by atoms with Gasteiger partial charge in [-0.1, -0.05) is 19.9 Å². The number of rotatable bonds is 6. The van der Waals surface area contributed by atoms with Crippen LogP contribution in [0.2, 0.25) is 0 Å². The van der Waals surface area contributed by atoms with Gasteiger partial charge in [0.15, 0.2) is 12.0 Å². The lowest BCUT2D eigenvalue weighted by Gasteiger charge is -2.25. The van der Waals surface area contributed by atoms with E-state index < -0.39 is 0 Å². The van der Waals surface area contributed by atoms with Crippen LogP contribution < -0.4 is 5.32 Å². The lowest BCUT2D eigenvalue weighted by Crippen LogP contribution is -2.33. The molecule has 1 heterocycles. The van der Waals surface area contributed by atoms with E-state index in [2.05, 4.69) is 36.3 Å². The molecule has 1 aromatic heterocycles. The van der Waals surface area contributed by atoms with E-state index in [0.717, 1.165) is 30.6 Å². The van der Waals surface area contributed by atoms with Gasteiger partial charge in [0.1, 0.15) is 5.52 Å². The predicted molar refractivity (Wildman–Crippen MR) is 75.2 cm³/mol. The smallest absolute Gasteiger partial charge is 0.181 e. The van der Waals surface area contributed by atoms with Crippen molar-refractivity contribution in [3.05, 3.63) is 30.2 Å². The highest BCUT2D eigenvalue weighted by atomic mass is 35.5. The molecule has 0 bridgehead atoms. The van der Waals surface area contributed by atoms with Crippen molar-refractivity contribution >= 4 is 22.7 Å². The van der Waals surface area contributed by atoms with Crippen molar-refractivity contribution in [3.63, 3.8) is 0 Å². The second kappa shape index (κ2) is 5.72. The van der Waals surface area contributed by atoms with Crippen LogP contribution in [0.4, 0.5) is 0 Å². The van der Waals surface area contributed by atoms with Gasteiger partial charge >= 0.3 is 0 Å². The number of nitrogens with zero attached hydrogens (tertiary/aromatic N) is 1. The summed E-state index contributed by atoms with van der Waals surface area (Å²) in [6, 6.07) is 6.20. The molecule has 0 amide bonds. The molecule has 3 nitrogen and oxygen atoms in total. The number of benzene rings is 1. The third-order valence-electron chi connectivity index (χ3n) is 3.17. The van der Waals surface area contributed by atoms with Gasteiger partial charge in [0.05, 0.1) is 0 Å². The van der Waals surface area contributed by atoms with E-state index in [9.17, 15) is 0 Å². The van der Waals surface area contributed by atoms with E-state index in [1.54, 1.807) is 0 Å². The van der Waals surface area contributed by atoms with Crippen LogP contribution in [-0.2, 0) is 5.41 Å². The van der Waals surface area contributed by atoms with Crippen LogP contribution in [0.1, 0.15) is 25.8 Å². The summed E-state index contributed by atoms with van der Waals surface area (Å²) >= 11 is 5.66. The number of fused-ring (bicyclic) bond motifs is 1. The first-order valence-electron chi connectivity index (χ1n) is 6.24. The zero-order chi connectivity index (χ0) is 13.0. The number of halogens is 1. The summed E-state index contributed by atoms with van der Waals surface area (Å²) in [7, 11) is 0. The molecule has 1 aromatic carbocycles. The summed E-state index contributed by atoms with van der Waals surface area (Å²) < 4.78 is 5.35. The Hall–Kier alpha value is -1.06. The molecule has 0 atom stereocenters. The summed E-state index contributed by atoms with van der Waals surface area (Å²) in [5, 5.41) is 3.44. The molecule has 0 radical (unpaired) electrons. The van der Waals surface area contributed by atoms with Crippen LogP contribution in [0.15, 0.2) is 29.0 Å². The maximum Gasteiger partial charge on any atom is 0.181 e. The fraction of sp³-hybridized carbons (Fsp3) is 0.500. The molecule has 2 rings (SSSR count). The summed E-state index contributed by atoms with van der Waals surface area (Å²) in [4.78, 5) is 4.13. The Kier molecular flexibility index (Phi) is 4.25. The van der Waals surface area contributed by atoms with Crippen LogP contribution in [0.25, 0.3) is 11.1 Å². The first kappa shape index (κ1) is 13.4. The van der Waals surface area contributed by atoms with Gasteiger partial charge in [-0.05, 0) is 30.7 Å². The van der Waals surface area contributed by atoms with Crippen molar-refractivity contribution in [2.24, 2.45) is 0 Å². The van der Waals surface area contributed by atoms with E-state index in [1.807, 2.05) is 6.07 Å². The van der Waals surface area contributed by atoms with Crippen LogP contribution >= 0.6 is 11.6 Å². The van der Waals surface area contributed by atoms with Crippen molar-refractivity contribution in [2.45, 2.75) is 25.7 Å². The lowest BCUT2D eigenvalue weighted by atomic mass is 9.84. The topological polar surface area (TPSA) is 38.1 Å². The molecule has 0 aliphatic heterocycles. The second-order valence-electron chi connectivity index (χ2n) is 5.14. The molecule has 4 heteroatoms. The molecule has 0 saturated carbocycles. The summed E-state index contributed by atoms with van der Waals surface area (Å²) in [6.07, 6.45) is 2.49. The molecule has 0 aliphatic carbocycles. The fourth-order valence-corrected chi connectivity index (χ4v) is 2.10. The monoisotopic (exact) mass is 266 g/mol. The molecule has 0 spiro atoms. The van der Waals surface area contributed by atoms with Gasteiger partial charge in [-0.25, -0.2) is 4.98 Å². The Bertz CT molecular complexity index is 507. The van der Waals surface area contributed by atoms with Gasteiger partial charge in [0, 0.05) is 17.8 Å². The van der Waals surface area contributed by atoms with Crippen molar-refractivity contribution < 1.29 is 4.42 Å². The van der Waals surface area contributed by atoms with Crippen molar-refractivity contribution in [3.8, 4) is 0 Å². The van der Waals surface area contributed by atoms with E-state index in [-0.39, 0.29) is 5.41 Å². The fourth-order valence-electron chi connectivity index (χ4n) is 1.97. The summed E-state index contributed by atoms with van der Waals surface area (Å²) in [5.41, 5.74) is 3.07. The maximum absolute atomic E-state index is 5.66. The Morgan fingerprint density at radius 3 is 3.00 bits per heavy atom. The van der Waals surface area contributed by atoms with Crippen LogP contribution in [0.5, 0.6) is 0 Å². The minimum atomic E-state index is 0.0628. The number of aromatic nitrogens is 1. The molecule has 0 saturated heterocycles. The van der Waals surface area contributed by atoms with E-state index in [4.69, 9.17) is 16.0 Å². The molecule has 0 fully saturated rings. The highest BCUT2D eigenvalue weighted by molar-refractivity contribution is 6.17. The Balaban J connectivity index is 2.07. The quantitative estimate of drug-likeness (QED) is 0.644. The maximum atomic E-state index is 5.66. The van der Waals surface area contributed by atoms with E-state index >= 15 is 0 Å². The normalized spacial score (nSPS) is 12.2. The van der Waals surface area contributed by atoms with E-state index in [1.165, 1.54) is 12.0 Å². The van der Waals surface area contributed by atoms with Gasteiger partial charge in [0.25, 0.3) is 0 Å². The largest absolute Gasteiger partial charge is 0.443 e. The van der Waals surface area contributed by atoms with Gasteiger partial charge in [-0.3, -0.25) is 0 Å². The molecular weight excluding hydrogens is 248 g/mol. The second-order valence-corrected chi connectivity index (χ2v) is 5.52. The van der Waals surface area contributed by atoms with Gasteiger partial charge in [0.2, 0.25) is 0 Å². The highest BCUT2D eigenvalue weighted by Crippen LogP contribution is 2.25. The minimum Gasteiger partial charge on any atom is -0.443 e. The zero-order valence-electron chi connectivity index (χ0n) is 10.9. The Labute approximate surface area is 113 Å². The standard InChI is InChI=1S/C14H19ClN2O/c1-14(2,9-16-7-3-6-15)11-4-5-12-13(8-11)18-10-17-12/h4-5,8,10,16H,3,6-7,9H2,1-2H3. The molecule has 2 aromatic rings. The van der Waals surface area contributed by atoms with Crippen molar-refractivity contribution in [1.82, 2.24) is 10.3 Å². The number of hydrogen-bond acceptors (Lipinski definition) is 3. The van der Waals surface area contributed by atoms with Crippen LogP contribution in [-0.4, -0.2) is 24.0 Å². The summed E-state index contributed by atoms with van der Waals surface area (Å²) in [6.45, 7) is 6.32. The molecular formula is C14H19ClN2O. The average Bonchev–Trinajstić information content (AvgIpc) is 2.82. The predicted octanol–water partition coefficient (Wildman–Crippen LogP) is 3.32. The van der Waals surface area contributed by atoms with Gasteiger partial charge in [-0.2, -0.15) is 0 Å². The third kappa shape index (κ3) is 3.03. The molecule has 0 aliphatic rings. The Morgan fingerprint density at radius 1 is 1.39 bits per heavy atom. The SMILES string of the molecule is CC(C)(CNCCCCl)c1ccc2ncoc2c1. The van der Waals surface area contributed by atoms with Crippen molar-refractivity contribution in [1.29, 1.82) is 0 Å². The number of nitrogens with one attached hydrogen (secondary N) is 1. The molecule has 0 unspecified atom stereocenters. The first-order chi connectivity index (χ1) is 8.63. The number of hydrogen-bond donors (Lipinski definition) is 1. The van der Waals surface area contributed by atoms with Crippen molar-refractivity contribution in [2.75, 3.05) is 19.0 Å². The van der Waals surface area contributed by atoms with E-state index in [0.29, 0.717) is 5.88 Å². The molecule has 18 heavy (non-hydrogen) atoms. The highest BCUT2D eigenvalue weighted by Gasteiger charge is 2.20. The third-order valence-corrected chi connectivity index (χ3v) is 3.43. The number of oxazole rings is 1. The first-order valence-corrected chi connectivity index (χ1v) is 6.77. The molecule has 98 valence electrons. The Morgan fingerprint density at radius 2 is 2.22 bits per heavy atom. The lowest BCUT2D eigenvalue weighted by molar-refractivity contribution is 0.469.